The SMILES string of the molecule is COc1cc(F)cc(-c2cnc3c(-c4cnccc4C)ccnn23)c1. The maximum absolute atomic E-state index is 13.9. The predicted molar refractivity (Wildman–Crippen MR) is 92.9 cm³/mol. The highest BCUT2D eigenvalue weighted by molar-refractivity contribution is 5.80. The lowest BCUT2D eigenvalue weighted by Gasteiger charge is -2.08. The summed E-state index contributed by atoms with van der Waals surface area (Å²) >= 11 is 0. The van der Waals surface area contributed by atoms with Crippen molar-refractivity contribution in [2.45, 2.75) is 6.92 Å². The van der Waals surface area contributed by atoms with Crippen LogP contribution < -0.4 is 4.74 Å². The van der Waals surface area contributed by atoms with Crippen molar-refractivity contribution in [3.8, 4) is 28.1 Å². The van der Waals surface area contributed by atoms with Crippen LogP contribution in [0.2, 0.25) is 0 Å². The summed E-state index contributed by atoms with van der Waals surface area (Å²) in [7, 11) is 1.51. The molecule has 0 atom stereocenters. The van der Waals surface area contributed by atoms with Crippen LogP contribution in [0, 0.1) is 12.7 Å². The molecule has 0 aliphatic heterocycles. The number of ether oxygens (including phenoxy) is 1. The van der Waals surface area contributed by atoms with E-state index in [9.17, 15) is 4.39 Å². The maximum atomic E-state index is 13.9. The molecule has 4 rings (SSSR count). The first kappa shape index (κ1) is 15.3. The number of hydrogen-bond acceptors (Lipinski definition) is 4. The summed E-state index contributed by atoms with van der Waals surface area (Å²) in [6, 6.07) is 8.40. The van der Waals surface area contributed by atoms with E-state index in [2.05, 4.69) is 15.1 Å². The highest BCUT2D eigenvalue weighted by Gasteiger charge is 2.14. The van der Waals surface area contributed by atoms with Crippen LogP contribution in [0.4, 0.5) is 4.39 Å². The van der Waals surface area contributed by atoms with E-state index < -0.39 is 0 Å². The molecule has 0 amide bonds. The molecule has 1 aromatic carbocycles. The Balaban J connectivity index is 1.94. The molecule has 0 spiro atoms. The van der Waals surface area contributed by atoms with Gasteiger partial charge in [0.15, 0.2) is 5.65 Å². The van der Waals surface area contributed by atoms with E-state index in [0.29, 0.717) is 22.7 Å². The molecule has 3 aromatic heterocycles. The average Bonchev–Trinajstić information content (AvgIpc) is 3.06. The Morgan fingerprint density at radius 3 is 2.72 bits per heavy atom. The topological polar surface area (TPSA) is 52.3 Å². The van der Waals surface area contributed by atoms with Gasteiger partial charge in [0.2, 0.25) is 0 Å². The first-order valence-corrected chi connectivity index (χ1v) is 7.76. The Kier molecular flexibility index (Phi) is 3.65. The lowest BCUT2D eigenvalue weighted by atomic mass is 10.1. The largest absolute Gasteiger partial charge is 0.497 e. The number of imidazole rings is 1. The number of pyridine rings is 1. The molecule has 0 fully saturated rings. The molecule has 6 heteroatoms. The summed E-state index contributed by atoms with van der Waals surface area (Å²) < 4.78 is 20.7. The van der Waals surface area contributed by atoms with E-state index in [4.69, 9.17) is 4.74 Å². The maximum Gasteiger partial charge on any atom is 0.162 e. The van der Waals surface area contributed by atoms with E-state index in [0.717, 1.165) is 16.7 Å². The molecular weight excluding hydrogens is 319 g/mol. The molecule has 5 nitrogen and oxygen atoms in total. The molecule has 4 aromatic rings. The third-order valence-electron chi connectivity index (χ3n) is 4.13. The van der Waals surface area contributed by atoms with Gasteiger partial charge in [-0.15, -0.1) is 0 Å². The number of aromatic nitrogens is 4. The zero-order valence-electron chi connectivity index (χ0n) is 13.8. The van der Waals surface area contributed by atoms with Crippen LogP contribution in [-0.2, 0) is 0 Å². The molecule has 0 unspecified atom stereocenters. The second-order valence-electron chi connectivity index (χ2n) is 5.69. The number of benzene rings is 1. The molecule has 0 aliphatic rings. The number of aryl methyl sites for hydroxylation is 1. The van der Waals surface area contributed by atoms with Crippen molar-refractivity contribution in [1.29, 1.82) is 0 Å². The fraction of sp³-hybridized carbons (Fsp3) is 0.105. The molecule has 0 radical (unpaired) electrons. The van der Waals surface area contributed by atoms with Crippen LogP contribution in [-0.4, -0.2) is 26.7 Å². The second kappa shape index (κ2) is 5.98. The monoisotopic (exact) mass is 334 g/mol. The van der Waals surface area contributed by atoms with Crippen LogP contribution in [0.1, 0.15) is 5.56 Å². The highest BCUT2D eigenvalue weighted by atomic mass is 19.1. The lowest BCUT2D eigenvalue weighted by molar-refractivity contribution is 0.411. The van der Waals surface area contributed by atoms with Crippen molar-refractivity contribution >= 4 is 5.65 Å². The Morgan fingerprint density at radius 2 is 1.92 bits per heavy atom. The van der Waals surface area contributed by atoms with Gasteiger partial charge in [-0.05, 0) is 36.8 Å². The third kappa shape index (κ3) is 2.61. The summed E-state index contributed by atoms with van der Waals surface area (Å²) in [6.07, 6.45) is 6.96. The number of rotatable bonds is 3. The number of fused-ring (bicyclic) bond motifs is 1. The van der Waals surface area contributed by atoms with Gasteiger partial charge in [0, 0.05) is 41.3 Å². The molecule has 25 heavy (non-hydrogen) atoms. The molecular formula is C19H15FN4O. The molecule has 0 bridgehead atoms. The Labute approximate surface area is 143 Å². The van der Waals surface area contributed by atoms with Crippen LogP contribution in [0.15, 0.2) is 55.1 Å². The lowest BCUT2D eigenvalue weighted by Crippen LogP contribution is -1.97. The summed E-state index contributed by atoms with van der Waals surface area (Å²) in [4.78, 5) is 8.71. The van der Waals surface area contributed by atoms with Crippen molar-refractivity contribution < 1.29 is 9.13 Å². The van der Waals surface area contributed by atoms with Gasteiger partial charge in [-0.1, -0.05) is 0 Å². The Morgan fingerprint density at radius 1 is 1.04 bits per heavy atom. The smallest absolute Gasteiger partial charge is 0.162 e. The van der Waals surface area contributed by atoms with Crippen molar-refractivity contribution in [3.63, 3.8) is 0 Å². The van der Waals surface area contributed by atoms with Crippen molar-refractivity contribution in [2.24, 2.45) is 0 Å². The second-order valence-corrected chi connectivity index (χ2v) is 5.69. The van der Waals surface area contributed by atoms with Gasteiger partial charge in [-0.2, -0.15) is 5.10 Å². The molecule has 0 aliphatic carbocycles. The zero-order valence-corrected chi connectivity index (χ0v) is 13.8. The van der Waals surface area contributed by atoms with Crippen LogP contribution in [0.5, 0.6) is 5.75 Å². The van der Waals surface area contributed by atoms with Crippen molar-refractivity contribution in [2.75, 3.05) is 7.11 Å². The van der Waals surface area contributed by atoms with E-state index in [1.165, 1.54) is 19.2 Å². The first-order valence-electron chi connectivity index (χ1n) is 7.76. The molecule has 124 valence electrons. The van der Waals surface area contributed by atoms with Gasteiger partial charge in [0.05, 0.1) is 19.0 Å². The predicted octanol–water partition coefficient (Wildman–Crippen LogP) is 3.91. The summed E-state index contributed by atoms with van der Waals surface area (Å²) in [5, 5.41) is 4.39. The molecule has 3 heterocycles. The number of halogens is 1. The van der Waals surface area contributed by atoms with Crippen molar-refractivity contribution in [3.05, 3.63) is 66.5 Å². The number of nitrogens with zero attached hydrogens (tertiary/aromatic N) is 4. The minimum Gasteiger partial charge on any atom is -0.497 e. The standard InChI is InChI=1S/C19H15FN4O/c1-12-3-5-21-10-17(12)16-4-6-23-24-18(11-22-19(16)24)13-7-14(20)9-15(8-13)25-2/h3-11H,1-2H3. The average molecular weight is 334 g/mol. The van der Waals surface area contributed by atoms with Gasteiger partial charge in [0.25, 0.3) is 0 Å². The Hall–Kier alpha value is -3.28. The van der Waals surface area contributed by atoms with Crippen molar-refractivity contribution in [1.82, 2.24) is 19.6 Å². The highest BCUT2D eigenvalue weighted by Crippen LogP contribution is 2.30. The molecule has 0 N–H and O–H groups in total. The quantitative estimate of drug-likeness (QED) is 0.570. The van der Waals surface area contributed by atoms with Crippen LogP contribution in [0.3, 0.4) is 0 Å². The fourth-order valence-electron chi connectivity index (χ4n) is 2.88. The van der Waals surface area contributed by atoms with Gasteiger partial charge in [-0.3, -0.25) is 4.98 Å². The van der Waals surface area contributed by atoms with E-state index in [1.807, 2.05) is 25.3 Å². The van der Waals surface area contributed by atoms with E-state index >= 15 is 0 Å². The normalized spacial score (nSPS) is 11.0. The van der Waals surface area contributed by atoms with E-state index in [-0.39, 0.29) is 5.82 Å². The van der Waals surface area contributed by atoms with E-state index in [1.54, 1.807) is 29.2 Å². The fourth-order valence-corrected chi connectivity index (χ4v) is 2.88. The Bertz CT molecular complexity index is 1070. The number of hydrogen-bond donors (Lipinski definition) is 0. The van der Waals surface area contributed by atoms with Crippen LogP contribution >= 0.6 is 0 Å². The van der Waals surface area contributed by atoms with Gasteiger partial charge in [-0.25, -0.2) is 13.9 Å². The summed E-state index contributed by atoms with van der Waals surface area (Å²) in [6.45, 7) is 2.02. The summed E-state index contributed by atoms with van der Waals surface area (Å²) in [5.41, 5.74) is 5.05. The van der Waals surface area contributed by atoms with Gasteiger partial charge in [0.1, 0.15) is 11.6 Å². The molecule has 0 saturated carbocycles. The first-order chi connectivity index (χ1) is 12.2. The number of methoxy groups -OCH3 is 1. The van der Waals surface area contributed by atoms with Crippen LogP contribution in [0.25, 0.3) is 28.0 Å². The van der Waals surface area contributed by atoms with Gasteiger partial charge >= 0.3 is 0 Å². The zero-order chi connectivity index (χ0) is 17.4. The molecule has 0 saturated heterocycles. The summed E-state index contributed by atoms with van der Waals surface area (Å²) in [5.74, 6) is 0.0766. The third-order valence-corrected chi connectivity index (χ3v) is 4.13. The van der Waals surface area contributed by atoms with Gasteiger partial charge < -0.3 is 4.74 Å². The minimum absolute atomic E-state index is 0.372. The minimum atomic E-state index is -0.372.